The summed E-state index contributed by atoms with van der Waals surface area (Å²) in [4.78, 5) is 6.19. The summed E-state index contributed by atoms with van der Waals surface area (Å²) in [6, 6.07) is 115. The fourth-order valence-corrected chi connectivity index (χ4v) is 14.6. The van der Waals surface area contributed by atoms with E-state index in [2.05, 4.69) is 309 Å². The Morgan fingerprint density at radius 2 is 0.522 bits per heavy atom. The molecule has 426 valence electrons. The molecule has 0 saturated heterocycles. The normalized spacial score (nSPS) is 11.7. The van der Waals surface area contributed by atoms with Gasteiger partial charge in [-0.1, -0.05) is 212 Å². The molecule has 5 heterocycles. The minimum absolute atomic E-state index is 0.294. The van der Waals surface area contributed by atoms with Crippen LogP contribution in [0.1, 0.15) is 11.1 Å². The molecule has 92 heavy (non-hydrogen) atoms. The van der Waals surface area contributed by atoms with E-state index in [0.29, 0.717) is 22.8 Å². The highest BCUT2D eigenvalue weighted by Crippen LogP contribution is 2.50. The lowest BCUT2D eigenvalue weighted by Gasteiger charge is -2.25. The van der Waals surface area contributed by atoms with E-state index in [9.17, 15) is 10.5 Å². The van der Waals surface area contributed by atoms with Gasteiger partial charge in [0.25, 0.3) is 0 Å². The summed E-state index contributed by atoms with van der Waals surface area (Å²) in [6.07, 6.45) is 0. The monoisotopic (exact) mass is 1170 g/mol. The molecule has 18 rings (SSSR count). The molecule has 0 radical (unpaired) electrons. The zero-order chi connectivity index (χ0) is 61.0. The van der Waals surface area contributed by atoms with Gasteiger partial charge in [-0.3, -0.25) is 9.13 Å². The predicted octanol–water partition coefficient (Wildman–Crippen LogP) is 21.5. The van der Waals surface area contributed by atoms with Crippen molar-refractivity contribution in [3.63, 3.8) is 0 Å². The van der Waals surface area contributed by atoms with Crippen molar-refractivity contribution in [2.75, 3.05) is 0 Å². The molecule has 0 fully saturated rings. The summed E-state index contributed by atoms with van der Waals surface area (Å²) in [6.45, 7) is 0. The van der Waals surface area contributed by atoms with Gasteiger partial charge in [-0.15, -0.1) is 0 Å². The van der Waals surface area contributed by atoms with Crippen molar-refractivity contribution in [1.29, 1.82) is 10.5 Å². The van der Waals surface area contributed by atoms with Crippen LogP contribution in [-0.2, 0) is 0 Å². The number of nitriles is 2. The van der Waals surface area contributed by atoms with Gasteiger partial charge in [0.1, 0.15) is 23.8 Å². The van der Waals surface area contributed by atoms with E-state index in [1.165, 1.54) is 43.6 Å². The van der Waals surface area contributed by atoms with Gasteiger partial charge in [0.2, 0.25) is 0 Å². The summed E-state index contributed by atoms with van der Waals surface area (Å²) in [5.74, 6) is 1.42. The van der Waals surface area contributed by atoms with Gasteiger partial charge in [-0.05, 0) is 136 Å². The maximum Gasteiger partial charge on any atom is 0.148 e. The molecule has 0 spiro atoms. The minimum Gasteiger partial charge on any atom is -0.309 e. The highest BCUT2D eigenvalue weighted by Gasteiger charge is 2.30. The summed E-state index contributed by atoms with van der Waals surface area (Å²) >= 11 is 0. The molecule has 0 aliphatic heterocycles. The maximum absolute atomic E-state index is 10.8. The Morgan fingerprint density at radius 3 is 0.891 bits per heavy atom. The van der Waals surface area contributed by atoms with Crippen LogP contribution in [0.15, 0.2) is 309 Å². The number of pyridine rings is 1. The largest absolute Gasteiger partial charge is 0.309 e. The molecule has 0 aliphatic rings. The molecular formula is C85H51N7. The quantitative estimate of drug-likeness (QED) is 0.144. The molecule has 0 bridgehead atoms. The van der Waals surface area contributed by atoms with Gasteiger partial charge in [0.05, 0.1) is 55.3 Å². The summed E-state index contributed by atoms with van der Waals surface area (Å²) < 4.78 is 9.40. The molecule has 7 heteroatoms. The van der Waals surface area contributed by atoms with Crippen LogP contribution in [0.25, 0.3) is 166 Å². The van der Waals surface area contributed by atoms with Crippen LogP contribution >= 0.6 is 0 Å². The molecular weight excluding hydrogens is 1120 g/mol. The Bertz CT molecular complexity index is 5680. The molecule has 0 N–H and O–H groups in total. The molecule has 18 aromatic rings. The number of para-hydroxylation sites is 6. The molecule has 7 nitrogen and oxygen atoms in total. The van der Waals surface area contributed by atoms with Gasteiger partial charge in [0, 0.05) is 71.2 Å². The molecule has 0 atom stereocenters. The lowest BCUT2D eigenvalue weighted by molar-refractivity contribution is 1.02. The molecule has 0 amide bonds. The first-order chi connectivity index (χ1) is 45.6. The van der Waals surface area contributed by atoms with Crippen LogP contribution in [0.4, 0.5) is 0 Å². The smallest absolute Gasteiger partial charge is 0.148 e. The number of fused-ring (bicyclic) bond motifs is 12. The number of rotatable bonds is 9. The van der Waals surface area contributed by atoms with Gasteiger partial charge < -0.3 is 9.13 Å². The first kappa shape index (κ1) is 52.3. The second-order valence-corrected chi connectivity index (χ2v) is 23.6. The Kier molecular flexibility index (Phi) is 11.9. The van der Waals surface area contributed by atoms with E-state index in [4.69, 9.17) is 4.98 Å². The molecule has 0 aliphatic carbocycles. The van der Waals surface area contributed by atoms with E-state index in [0.717, 1.165) is 111 Å². The van der Waals surface area contributed by atoms with Gasteiger partial charge in [-0.25, -0.2) is 4.98 Å². The van der Waals surface area contributed by atoms with E-state index in [-0.39, 0.29) is 0 Å². The topological polar surface area (TPSA) is 80.2 Å². The highest BCUT2D eigenvalue weighted by molar-refractivity contribution is 6.15. The van der Waals surface area contributed by atoms with Crippen molar-refractivity contribution >= 4 is 87.2 Å². The molecule has 0 saturated carbocycles. The molecule has 5 aromatic heterocycles. The lowest BCUT2D eigenvalue weighted by Crippen LogP contribution is -2.10. The lowest BCUT2D eigenvalue weighted by atomic mass is 9.86. The van der Waals surface area contributed by atoms with Crippen LogP contribution in [0, 0.1) is 22.7 Å². The average Bonchev–Trinajstić information content (AvgIpc) is 1.40. The van der Waals surface area contributed by atoms with E-state index in [1.54, 1.807) is 6.07 Å². The van der Waals surface area contributed by atoms with Crippen molar-refractivity contribution < 1.29 is 0 Å². The Balaban J connectivity index is 0.876. The van der Waals surface area contributed by atoms with Crippen LogP contribution in [0.2, 0.25) is 0 Å². The number of aromatic nitrogens is 5. The van der Waals surface area contributed by atoms with Crippen molar-refractivity contribution in [1.82, 2.24) is 23.3 Å². The second-order valence-electron chi connectivity index (χ2n) is 23.6. The third-order valence-electron chi connectivity index (χ3n) is 18.7. The van der Waals surface area contributed by atoms with Crippen molar-refractivity contribution in [2.45, 2.75) is 0 Å². The van der Waals surface area contributed by atoms with Gasteiger partial charge in [0.15, 0.2) is 0 Å². The standard InChI is InChI=1S/C85H51N7/c86-52-61-36-35-60(49-62(61)53-87)81-82(56-19-3-1-4-20-56)84(91-77-33-17-11-27-69(77)71-50-58(41-47-79(71)91)54-37-43-63(44-38-54)89-73-29-13-7-23-65(73)66-24-8-14-30-74(66)89)88-85(83(81)57-21-5-2-6-22-57)92-78-34-18-12-28-70(78)72-51-59(42-48-80(72)92)55-39-45-64(46-40-55)90-75-31-15-9-25-67(75)68-26-10-16-32-76(68)90/h1-51H. The average molecular weight is 1170 g/mol. The fraction of sp³-hybridized carbons (Fsp3) is 0. The zero-order valence-electron chi connectivity index (χ0n) is 49.6. The number of benzene rings is 13. The minimum atomic E-state index is 0.294. The second kappa shape index (κ2) is 20.9. The molecule has 0 unspecified atom stereocenters. The zero-order valence-corrected chi connectivity index (χ0v) is 49.6. The predicted molar refractivity (Wildman–Crippen MR) is 378 cm³/mol. The van der Waals surface area contributed by atoms with Crippen molar-refractivity contribution in [2.24, 2.45) is 0 Å². The summed E-state index contributed by atoms with van der Waals surface area (Å²) in [5.41, 5.74) is 21.1. The van der Waals surface area contributed by atoms with E-state index in [1.807, 2.05) is 24.3 Å². The van der Waals surface area contributed by atoms with Crippen LogP contribution < -0.4 is 0 Å². The maximum atomic E-state index is 10.8. The number of hydrogen-bond donors (Lipinski definition) is 0. The third-order valence-corrected chi connectivity index (χ3v) is 18.7. The van der Waals surface area contributed by atoms with Crippen LogP contribution in [0.3, 0.4) is 0 Å². The van der Waals surface area contributed by atoms with Crippen LogP contribution in [0.5, 0.6) is 0 Å². The summed E-state index contributed by atoms with van der Waals surface area (Å²) in [5, 5.41) is 30.5. The van der Waals surface area contributed by atoms with Gasteiger partial charge in [-0.2, -0.15) is 10.5 Å². The van der Waals surface area contributed by atoms with Crippen LogP contribution in [-0.4, -0.2) is 23.3 Å². The van der Waals surface area contributed by atoms with E-state index < -0.39 is 0 Å². The Labute approximate surface area is 529 Å². The SMILES string of the molecule is N#Cc1ccc(-c2c(-c3ccccc3)c(-n3c4ccccc4c4cc(-c5ccc(-n6c7ccccc7c7ccccc76)cc5)ccc43)nc(-n3c4ccccc4c4cc(-c5ccc(-n6c7ccccc7c7ccccc76)cc5)ccc43)c2-c2ccccc2)cc1C#N. The van der Waals surface area contributed by atoms with Crippen molar-refractivity contribution in [3.8, 4) is 90.8 Å². The summed E-state index contributed by atoms with van der Waals surface area (Å²) in [7, 11) is 0. The Morgan fingerprint density at radius 1 is 0.217 bits per heavy atom. The molecule has 13 aromatic carbocycles. The van der Waals surface area contributed by atoms with Gasteiger partial charge >= 0.3 is 0 Å². The first-order valence-electron chi connectivity index (χ1n) is 31.0. The third kappa shape index (κ3) is 8.03. The number of hydrogen-bond acceptors (Lipinski definition) is 3. The highest BCUT2D eigenvalue weighted by atomic mass is 15.1. The fourth-order valence-electron chi connectivity index (χ4n) is 14.6. The Hall–Kier alpha value is -12.8. The first-order valence-corrected chi connectivity index (χ1v) is 31.0. The van der Waals surface area contributed by atoms with E-state index >= 15 is 0 Å². The number of nitrogens with zero attached hydrogens (tertiary/aromatic N) is 7. The van der Waals surface area contributed by atoms with Crippen molar-refractivity contribution in [3.05, 3.63) is 321 Å².